The monoisotopic (exact) mass is 556 g/mol. The van der Waals surface area contributed by atoms with E-state index >= 15 is 0 Å². The van der Waals surface area contributed by atoms with E-state index in [4.69, 9.17) is 16.0 Å². The van der Waals surface area contributed by atoms with Crippen LogP contribution in [0.4, 0.5) is 10.1 Å². The van der Waals surface area contributed by atoms with Gasteiger partial charge in [0, 0.05) is 44.5 Å². The molecule has 4 aromatic rings. The van der Waals surface area contributed by atoms with Crippen molar-refractivity contribution >= 4 is 27.1 Å². The first-order chi connectivity index (χ1) is 18.4. The van der Waals surface area contributed by atoms with Crippen molar-refractivity contribution in [2.45, 2.75) is 23.5 Å². The summed E-state index contributed by atoms with van der Waals surface area (Å²) in [6.07, 6.45) is 10.2. The fraction of sp³-hybridized carbons (Fsp3) is 0.346. The molecule has 198 valence electrons. The number of piperazine rings is 1. The minimum absolute atomic E-state index is 0.0270. The van der Waals surface area contributed by atoms with Gasteiger partial charge in [-0.05, 0) is 42.5 Å². The van der Waals surface area contributed by atoms with Gasteiger partial charge in [0.15, 0.2) is 9.84 Å². The van der Waals surface area contributed by atoms with E-state index in [1.54, 1.807) is 12.4 Å². The number of nitrogens with zero attached hydrogens (tertiary/aromatic N) is 6. The van der Waals surface area contributed by atoms with E-state index < -0.39 is 21.4 Å². The van der Waals surface area contributed by atoms with Gasteiger partial charge in [0.1, 0.15) is 28.4 Å². The number of hydrogen-bond acceptors (Lipinski definition) is 8. The Morgan fingerprint density at radius 1 is 1.11 bits per heavy atom. The third-order valence-electron chi connectivity index (χ3n) is 7.04. The van der Waals surface area contributed by atoms with E-state index in [1.807, 2.05) is 12.3 Å². The predicted octanol–water partition coefficient (Wildman–Crippen LogP) is 4.22. The Labute approximate surface area is 224 Å². The summed E-state index contributed by atoms with van der Waals surface area (Å²) in [6.45, 7) is 5.12. The molecule has 9 nitrogen and oxygen atoms in total. The summed E-state index contributed by atoms with van der Waals surface area (Å²) in [5.41, 5.74) is 2.41. The van der Waals surface area contributed by atoms with E-state index in [0.717, 1.165) is 49.6 Å². The van der Waals surface area contributed by atoms with Gasteiger partial charge in [-0.1, -0.05) is 22.9 Å². The smallest absolute Gasteiger partial charge is 0.185 e. The first-order valence-corrected chi connectivity index (χ1v) is 14.5. The molecule has 2 aliphatic rings. The van der Waals surface area contributed by atoms with E-state index in [9.17, 15) is 12.8 Å². The number of halogens is 2. The van der Waals surface area contributed by atoms with Crippen LogP contribution >= 0.6 is 11.6 Å². The molecule has 38 heavy (non-hydrogen) atoms. The van der Waals surface area contributed by atoms with Crippen LogP contribution in [0.2, 0.25) is 5.02 Å². The van der Waals surface area contributed by atoms with Crippen LogP contribution in [0.3, 0.4) is 0 Å². The standard InChI is InChI=1S/C26H26ClFN6O3S/c27-25-19(17-38(35,36)22-5-10-37-16-22)3-4-23(28)26(25)34-15-24(30-31-34)20-11-21(13-29-12-20)33-8-6-32(7-9-33)14-18-1-2-18/h3-5,10-13,15-16,18H,1-2,6-9,14,17H2. The lowest BCUT2D eigenvalue weighted by Crippen LogP contribution is -2.47. The maximum absolute atomic E-state index is 14.9. The second-order valence-electron chi connectivity index (χ2n) is 9.80. The minimum Gasteiger partial charge on any atom is -0.471 e. The number of sulfone groups is 1. The van der Waals surface area contributed by atoms with Gasteiger partial charge in [-0.15, -0.1) is 5.10 Å². The highest BCUT2D eigenvalue weighted by Crippen LogP contribution is 2.32. The van der Waals surface area contributed by atoms with Gasteiger partial charge in [0.25, 0.3) is 0 Å². The van der Waals surface area contributed by atoms with Crippen molar-refractivity contribution in [2.75, 3.05) is 37.6 Å². The van der Waals surface area contributed by atoms with E-state index in [1.165, 1.54) is 48.5 Å². The quantitative estimate of drug-likeness (QED) is 0.318. The summed E-state index contributed by atoms with van der Waals surface area (Å²) >= 11 is 6.51. The lowest BCUT2D eigenvalue weighted by molar-refractivity contribution is 0.248. The Morgan fingerprint density at radius 2 is 1.92 bits per heavy atom. The molecule has 1 saturated heterocycles. The van der Waals surface area contributed by atoms with Crippen molar-refractivity contribution in [1.82, 2.24) is 24.9 Å². The van der Waals surface area contributed by atoms with Crippen molar-refractivity contribution in [1.29, 1.82) is 0 Å². The number of pyridine rings is 1. The van der Waals surface area contributed by atoms with E-state index in [-0.39, 0.29) is 21.2 Å². The SMILES string of the molecule is O=S(=O)(Cc1ccc(F)c(-n2cc(-c3cncc(N4CCN(CC5CC5)CC4)c3)nn2)c1Cl)c1ccoc1. The van der Waals surface area contributed by atoms with Gasteiger partial charge in [0.05, 0.1) is 35.1 Å². The van der Waals surface area contributed by atoms with Crippen LogP contribution in [0.1, 0.15) is 18.4 Å². The average Bonchev–Trinajstić information content (AvgIpc) is 3.34. The van der Waals surface area contributed by atoms with Crippen LogP contribution in [0.15, 0.2) is 64.7 Å². The molecule has 0 N–H and O–H groups in total. The fourth-order valence-electron chi connectivity index (χ4n) is 4.72. The second kappa shape index (κ2) is 10.1. The number of anilines is 1. The van der Waals surface area contributed by atoms with Gasteiger partial charge >= 0.3 is 0 Å². The summed E-state index contributed by atoms with van der Waals surface area (Å²) in [7, 11) is -3.73. The fourth-order valence-corrected chi connectivity index (χ4v) is 6.39. The molecular weight excluding hydrogens is 531 g/mol. The Bertz CT molecular complexity index is 1550. The zero-order valence-electron chi connectivity index (χ0n) is 20.5. The molecule has 0 radical (unpaired) electrons. The van der Waals surface area contributed by atoms with E-state index in [0.29, 0.717) is 5.69 Å². The lowest BCUT2D eigenvalue weighted by Gasteiger charge is -2.36. The van der Waals surface area contributed by atoms with Crippen molar-refractivity contribution in [3.8, 4) is 16.9 Å². The molecule has 6 rings (SSSR count). The van der Waals surface area contributed by atoms with Gasteiger partial charge in [-0.25, -0.2) is 17.5 Å². The third-order valence-corrected chi connectivity index (χ3v) is 9.10. The van der Waals surface area contributed by atoms with Crippen LogP contribution < -0.4 is 4.90 Å². The van der Waals surface area contributed by atoms with Gasteiger partial charge in [-0.2, -0.15) is 0 Å². The topological polar surface area (TPSA) is 97.4 Å². The molecule has 0 bridgehead atoms. The third kappa shape index (κ3) is 5.18. The summed E-state index contributed by atoms with van der Waals surface area (Å²) in [6, 6.07) is 5.89. The normalized spacial score (nSPS) is 16.7. The second-order valence-corrected chi connectivity index (χ2v) is 12.2. The molecule has 1 aromatic carbocycles. The molecule has 4 heterocycles. The van der Waals surface area contributed by atoms with Crippen LogP contribution in [0.25, 0.3) is 16.9 Å². The van der Waals surface area contributed by atoms with Gasteiger partial charge in [-0.3, -0.25) is 9.88 Å². The van der Waals surface area contributed by atoms with Gasteiger partial charge < -0.3 is 9.32 Å². The number of benzene rings is 1. The molecule has 1 aliphatic carbocycles. The van der Waals surface area contributed by atoms with E-state index in [2.05, 4.69) is 25.1 Å². The molecule has 0 unspecified atom stereocenters. The minimum atomic E-state index is -3.73. The number of furan rings is 1. The van der Waals surface area contributed by atoms with Crippen LogP contribution in [-0.2, 0) is 15.6 Å². The summed E-state index contributed by atoms with van der Waals surface area (Å²) < 4.78 is 46.4. The summed E-state index contributed by atoms with van der Waals surface area (Å²) in [5.74, 6) is -0.180. The molecule has 3 aromatic heterocycles. The molecule has 0 atom stereocenters. The summed E-state index contributed by atoms with van der Waals surface area (Å²) in [5, 5.41) is 8.25. The highest BCUT2D eigenvalue weighted by molar-refractivity contribution is 7.90. The van der Waals surface area contributed by atoms with Crippen molar-refractivity contribution in [3.05, 3.63) is 71.8 Å². The molecule has 0 spiro atoms. The zero-order valence-corrected chi connectivity index (χ0v) is 22.1. The molecule has 1 saturated carbocycles. The number of hydrogen-bond donors (Lipinski definition) is 0. The first kappa shape index (κ1) is 25.0. The van der Waals surface area contributed by atoms with Crippen LogP contribution in [0, 0.1) is 11.7 Å². The largest absolute Gasteiger partial charge is 0.471 e. The molecule has 2 fully saturated rings. The average molecular weight is 557 g/mol. The number of rotatable bonds is 8. The molecule has 12 heteroatoms. The van der Waals surface area contributed by atoms with Crippen molar-refractivity contribution in [2.24, 2.45) is 5.92 Å². The number of aromatic nitrogens is 4. The molecule has 1 aliphatic heterocycles. The Kier molecular flexibility index (Phi) is 6.67. The van der Waals surface area contributed by atoms with Crippen LogP contribution in [0.5, 0.6) is 0 Å². The predicted molar refractivity (Wildman–Crippen MR) is 141 cm³/mol. The highest BCUT2D eigenvalue weighted by Gasteiger charge is 2.27. The molecular formula is C26H26ClFN6O3S. The zero-order chi connectivity index (χ0) is 26.3. The van der Waals surface area contributed by atoms with Crippen LogP contribution in [-0.4, -0.2) is 66.0 Å². The van der Waals surface area contributed by atoms with Crippen molar-refractivity contribution in [3.63, 3.8) is 0 Å². The Morgan fingerprint density at radius 3 is 2.66 bits per heavy atom. The Balaban J connectivity index is 1.22. The Hall–Kier alpha value is -3.28. The lowest BCUT2D eigenvalue weighted by atomic mass is 10.2. The first-order valence-electron chi connectivity index (χ1n) is 12.4. The van der Waals surface area contributed by atoms with Crippen molar-refractivity contribution < 1.29 is 17.2 Å². The maximum atomic E-state index is 14.9. The summed E-state index contributed by atoms with van der Waals surface area (Å²) in [4.78, 5) is 9.27. The highest BCUT2D eigenvalue weighted by atomic mass is 35.5. The van der Waals surface area contributed by atoms with Gasteiger partial charge in [0.2, 0.25) is 0 Å². The maximum Gasteiger partial charge on any atom is 0.185 e. The molecule has 0 amide bonds.